The number of benzene rings is 5. The van der Waals surface area contributed by atoms with Crippen LogP contribution in [0.5, 0.6) is 0 Å². The molecule has 0 radical (unpaired) electrons. The van der Waals surface area contributed by atoms with Crippen LogP contribution in [0.4, 0.5) is 5.69 Å². The summed E-state index contributed by atoms with van der Waals surface area (Å²) in [5.74, 6) is 2.10. The van der Waals surface area contributed by atoms with Crippen molar-refractivity contribution in [1.29, 1.82) is 0 Å². The number of amidine groups is 1. The van der Waals surface area contributed by atoms with Crippen molar-refractivity contribution >= 4 is 21.3 Å². The van der Waals surface area contributed by atoms with Crippen molar-refractivity contribution in [3.63, 3.8) is 0 Å². The van der Waals surface area contributed by atoms with Gasteiger partial charge in [0.05, 0.1) is 15.5 Å². The van der Waals surface area contributed by atoms with Gasteiger partial charge in [-0.15, -0.1) is 0 Å². The van der Waals surface area contributed by atoms with Gasteiger partial charge in [-0.3, -0.25) is 0 Å². The summed E-state index contributed by atoms with van der Waals surface area (Å²) < 4.78 is 19.3. The zero-order valence-electron chi connectivity index (χ0n) is 21.8. The molecule has 196 valence electrons. The second-order valence-corrected chi connectivity index (χ2v) is 11.6. The third-order valence-corrected chi connectivity index (χ3v) is 9.03. The molecule has 0 fully saturated rings. The van der Waals surface area contributed by atoms with Gasteiger partial charge in [0.1, 0.15) is 9.73 Å². The SMILES string of the molecule is O=S1(c2ccccc2)=NC(c2cccc(-c3nc(-c4ccccc4)nc(-c4ccccc4)n3)c2)=Nc2ccccc21. The van der Waals surface area contributed by atoms with Crippen molar-refractivity contribution in [2.24, 2.45) is 9.36 Å². The highest BCUT2D eigenvalue weighted by molar-refractivity contribution is 7.94. The van der Waals surface area contributed by atoms with E-state index in [2.05, 4.69) is 0 Å². The summed E-state index contributed by atoms with van der Waals surface area (Å²) in [6.45, 7) is 0. The molecule has 41 heavy (non-hydrogen) atoms. The second kappa shape index (κ2) is 10.4. The average molecular weight is 550 g/mol. The van der Waals surface area contributed by atoms with E-state index in [1.54, 1.807) is 0 Å². The van der Waals surface area contributed by atoms with Gasteiger partial charge in [-0.1, -0.05) is 109 Å². The smallest absolute Gasteiger partial charge is 0.170 e. The van der Waals surface area contributed by atoms with Crippen molar-refractivity contribution < 1.29 is 4.21 Å². The molecule has 0 spiro atoms. The summed E-state index contributed by atoms with van der Waals surface area (Å²) in [7, 11) is -2.94. The summed E-state index contributed by atoms with van der Waals surface area (Å²) in [6.07, 6.45) is 0. The third-order valence-electron chi connectivity index (χ3n) is 6.75. The second-order valence-electron chi connectivity index (χ2n) is 9.45. The molecule has 2 heterocycles. The van der Waals surface area contributed by atoms with E-state index in [4.69, 9.17) is 24.3 Å². The largest absolute Gasteiger partial charge is 0.239 e. The van der Waals surface area contributed by atoms with Gasteiger partial charge >= 0.3 is 0 Å². The number of rotatable bonds is 5. The highest BCUT2D eigenvalue weighted by Gasteiger charge is 2.25. The zero-order chi connectivity index (χ0) is 27.6. The molecule has 5 aromatic carbocycles. The predicted octanol–water partition coefficient (Wildman–Crippen LogP) is 7.85. The average Bonchev–Trinajstić information content (AvgIpc) is 3.06. The molecule has 1 aromatic heterocycles. The monoisotopic (exact) mass is 549 g/mol. The Morgan fingerprint density at radius 2 is 0.951 bits per heavy atom. The molecule has 0 aliphatic carbocycles. The van der Waals surface area contributed by atoms with E-state index in [9.17, 15) is 4.21 Å². The summed E-state index contributed by atoms with van der Waals surface area (Å²) in [4.78, 5) is 20.6. The fourth-order valence-electron chi connectivity index (χ4n) is 4.73. The summed E-state index contributed by atoms with van der Waals surface area (Å²) in [5.41, 5.74) is 3.95. The predicted molar refractivity (Wildman–Crippen MR) is 162 cm³/mol. The van der Waals surface area contributed by atoms with Crippen molar-refractivity contribution in [2.45, 2.75) is 9.79 Å². The number of hydrogen-bond donors (Lipinski definition) is 0. The van der Waals surface area contributed by atoms with Gasteiger partial charge in [-0.05, 0) is 30.3 Å². The van der Waals surface area contributed by atoms with Crippen LogP contribution in [0.15, 0.2) is 159 Å². The van der Waals surface area contributed by atoms with Crippen LogP contribution in [0.1, 0.15) is 5.56 Å². The first-order valence-electron chi connectivity index (χ1n) is 13.2. The highest BCUT2D eigenvalue weighted by atomic mass is 32.2. The first-order valence-corrected chi connectivity index (χ1v) is 14.7. The molecule has 1 aliphatic heterocycles. The molecule has 1 unspecified atom stereocenters. The Kier molecular flexibility index (Phi) is 6.26. The normalized spacial score (nSPS) is 15.9. The van der Waals surface area contributed by atoms with Crippen molar-refractivity contribution in [2.75, 3.05) is 0 Å². The van der Waals surface area contributed by atoms with Gasteiger partial charge in [0.2, 0.25) is 0 Å². The Balaban J connectivity index is 1.38. The molecule has 0 N–H and O–H groups in total. The fourth-order valence-corrected chi connectivity index (χ4v) is 6.76. The lowest BCUT2D eigenvalue weighted by Gasteiger charge is -2.18. The van der Waals surface area contributed by atoms with E-state index in [1.165, 1.54) is 0 Å². The van der Waals surface area contributed by atoms with Crippen LogP contribution in [-0.2, 0) is 9.73 Å². The maximum atomic E-state index is 14.5. The van der Waals surface area contributed by atoms with Crippen LogP contribution in [0, 0.1) is 0 Å². The minimum atomic E-state index is -2.94. The Hall–Kier alpha value is -5.27. The van der Waals surface area contributed by atoms with Gasteiger partial charge in [-0.25, -0.2) is 24.2 Å². The highest BCUT2D eigenvalue weighted by Crippen LogP contribution is 2.36. The molecule has 0 bridgehead atoms. The number of aromatic nitrogens is 3. The molecule has 1 atom stereocenters. The van der Waals surface area contributed by atoms with Crippen LogP contribution in [0.25, 0.3) is 34.2 Å². The number of aliphatic imine (C=N–C) groups is 1. The lowest BCUT2D eigenvalue weighted by Crippen LogP contribution is -2.12. The molecule has 1 aliphatic rings. The van der Waals surface area contributed by atoms with Crippen LogP contribution >= 0.6 is 0 Å². The van der Waals surface area contributed by atoms with Gasteiger partial charge in [0.25, 0.3) is 0 Å². The Morgan fingerprint density at radius 3 is 1.59 bits per heavy atom. The van der Waals surface area contributed by atoms with E-state index in [-0.39, 0.29) is 0 Å². The zero-order valence-corrected chi connectivity index (χ0v) is 22.6. The van der Waals surface area contributed by atoms with E-state index in [0.717, 1.165) is 22.3 Å². The van der Waals surface area contributed by atoms with Crippen LogP contribution < -0.4 is 0 Å². The maximum Gasteiger partial charge on any atom is 0.170 e. The number of nitrogens with zero attached hydrogens (tertiary/aromatic N) is 5. The molecule has 0 saturated carbocycles. The fraction of sp³-hybridized carbons (Fsp3) is 0. The first kappa shape index (κ1) is 24.7. The van der Waals surface area contributed by atoms with E-state index < -0.39 is 9.73 Å². The summed E-state index contributed by atoms with van der Waals surface area (Å²) in [5, 5.41) is 0. The molecular formula is C34H23N5OS. The van der Waals surface area contributed by atoms with Crippen LogP contribution in [0.3, 0.4) is 0 Å². The number of hydrogen-bond acceptors (Lipinski definition) is 6. The topological polar surface area (TPSA) is 80.5 Å². The standard InChI is InChI=1S/C34H23N5OS/c40-41(28-19-8-3-9-20-28)30-22-11-10-21-29(30)35-34(39-41)27-18-12-17-26(23-27)33-37-31(24-13-4-1-5-14-24)36-32(38-33)25-15-6-2-7-16-25/h1-23H. The van der Waals surface area contributed by atoms with Crippen LogP contribution in [-0.4, -0.2) is 25.0 Å². The van der Waals surface area contributed by atoms with E-state index in [1.807, 2.05) is 140 Å². The lowest BCUT2D eigenvalue weighted by molar-refractivity contribution is 0.676. The molecule has 0 saturated heterocycles. The first-order chi connectivity index (χ1) is 20.2. The minimum Gasteiger partial charge on any atom is -0.239 e. The molecule has 7 heteroatoms. The molecule has 7 rings (SSSR count). The summed E-state index contributed by atoms with van der Waals surface area (Å²) >= 11 is 0. The lowest BCUT2D eigenvalue weighted by atomic mass is 10.1. The molecular weight excluding hydrogens is 526 g/mol. The Bertz CT molecular complexity index is 1980. The van der Waals surface area contributed by atoms with Crippen molar-refractivity contribution in [1.82, 2.24) is 15.0 Å². The van der Waals surface area contributed by atoms with Gasteiger partial charge in [0, 0.05) is 22.3 Å². The Morgan fingerprint density at radius 1 is 0.463 bits per heavy atom. The van der Waals surface area contributed by atoms with E-state index in [0.29, 0.717) is 38.8 Å². The van der Waals surface area contributed by atoms with Gasteiger partial charge in [0.15, 0.2) is 23.3 Å². The Labute approximate surface area is 238 Å². The number of para-hydroxylation sites is 1. The summed E-state index contributed by atoms with van der Waals surface area (Å²) in [6, 6.07) is 44.3. The quantitative estimate of drug-likeness (QED) is 0.219. The van der Waals surface area contributed by atoms with Crippen molar-refractivity contribution in [3.05, 3.63) is 145 Å². The van der Waals surface area contributed by atoms with Crippen LogP contribution in [0.2, 0.25) is 0 Å². The van der Waals surface area contributed by atoms with Gasteiger partial charge < -0.3 is 0 Å². The van der Waals surface area contributed by atoms with Gasteiger partial charge in [-0.2, -0.15) is 4.36 Å². The van der Waals surface area contributed by atoms with E-state index >= 15 is 0 Å². The molecule has 6 aromatic rings. The molecule has 0 amide bonds. The maximum absolute atomic E-state index is 14.5. The molecule has 6 nitrogen and oxygen atoms in total. The number of fused-ring (bicyclic) bond motifs is 1. The minimum absolute atomic E-state index is 0.403. The third kappa shape index (κ3) is 4.73. The van der Waals surface area contributed by atoms with Crippen molar-refractivity contribution in [3.8, 4) is 34.2 Å².